The van der Waals surface area contributed by atoms with Crippen molar-refractivity contribution < 1.29 is 4.79 Å². The molecule has 2 heterocycles. The predicted molar refractivity (Wildman–Crippen MR) is 81.3 cm³/mol. The summed E-state index contributed by atoms with van der Waals surface area (Å²) >= 11 is 6.03. The lowest BCUT2D eigenvalue weighted by atomic mass is 9.97. The van der Waals surface area contributed by atoms with Gasteiger partial charge < -0.3 is 15.5 Å². The van der Waals surface area contributed by atoms with Crippen LogP contribution in [0.1, 0.15) is 23.2 Å². The van der Waals surface area contributed by atoms with Crippen molar-refractivity contribution in [2.75, 3.05) is 39.0 Å². The second kappa shape index (κ2) is 6.90. The molecule has 0 radical (unpaired) electrons. The summed E-state index contributed by atoms with van der Waals surface area (Å²) < 4.78 is 0. The van der Waals surface area contributed by atoms with Gasteiger partial charge in [0.05, 0.1) is 10.6 Å². The Balaban J connectivity index is 1.91. The Labute approximate surface area is 124 Å². The van der Waals surface area contributed by atoms with E-state index in [9.17, 15) is 4.79 Å². The number of likely N-dealkylation sites (tertiary alicyclic amines) is 1. The molecule has 2 N–H and O–H groups in total. The van der Waals surface area contributed by atoms with E-state index < -0.39 is 0 Å². The van der Waals surface area contributed by atoms with Crippen LogP contribution in [-0.4, -0.2) is 49.5 Å². The third kappa shape index (κ3) is 3.84. The number of nitrogens with zero attached hydrogens (tertiary/aromatic N) is 2. The van der Waals surface area contributed by atoms with Crippen LogP contribution in [-0.2, 0) is 0 Å². The lowest BCUT2D eigenvalue weighted by Gasteiger charge is -2.28. The van der Waals surface area contributed by atoms with E-state index >= 15 is 0 Å². The summed E-state index contributed by atoms with van der Waals surface area (Å²) in [6, 6.07) is 1.67. The summed E-state index contributed by atoms with van der Waals surface area (Å²) in [4.78, 5) is 18.6. The smallest absolute Gasteiger partial charge is 0.252 e. The molecule has 20 heavy (non-hydrogen) atoms. The van der Waals surface area contributed by atoms with Crippen LogP contribution >= 0.6 is 11.6 Å². The van der Waals surface area contributed by atoms with Gasteiger partial charge in [-0.15, -0.1) is 0 Å². The molecule has 0 aliphatic carbocycles. The molecule has 0 bridgehead atoms. The fourth-order valence-electron chi connectivity index (χ4n) is 2.35. The minimum absolute atomic E-state index is 0.132. The number of piperidine rings is 1. The number of hydrogen-bond acceptors (Lipinski definition) is 4. The standard InChI is InChI=1S/C14H21ClN4O/c1-16-13-7-11(12(15)9-17-13)14(20)18-8-10-3-5-19(2)6-4-10/h7,9-10H,3-6,8H2,1-2H3,(H,16,17)(H,18,20). The van der Waals surface area contributed by atoms with Crippen LogP contribution in [0.4, 0.5) is 5.82 Å². The van der Waals surface area contributed by atoms with Crippen LogP contribution < -0.4 is 10.6 Å². The predicted octanol–water partition coefficient (Wildman–Crippen LogP) is 1.85. The van der Waals surface area contributed by atoms with Crippen molar-refractivity contribution in [2.24, 2.45) is 5.92 Å². The van der Waals surface area contributed by atoms with E-state index in [1.165, 1.54) is 6.20 Å². The van der Waals surface area contributed by atoms with Gasteiger partial charge in [-0.2, -0.15) is 0 Å². The Morgan fingerprint density at radius 3 is 2.85 bits per heavy atom. The van der Waals surface area contributed by atoms with Crippen molar-refractivity contribution in [1.29, 1.82) is 0 Å². The molecule has 110 valence electrons. The molecule has 6 heteroatoms. The molecule has 1 aliphatic heterocycles. The summed E-state index contributed by atoms with van der Waals surface area (Å²) in [5, 5.41) is 6.26. The Kier molecular flexibility index (Phi) is 5.20. The highest BCUT2D eigenvalue weighted by Gasteiger charge is 2.18. The number of pyridine rings is 1. The van der Waals surface area contributed by atoms with E-state index in [0.29, 0.717) is 28.9 Å². The van der Waals surface area contributed by atoms with Crippen LogP contribution in [0.3, 0.4) is 0 Å². The minimum atomic E-state index is -0.132. The zero-order valence-corrected chi connectivity index (χ0v) is 12.7. The Morgan fingerprint density at radius 2 is 2.20 bits per heavy atom. The number of halogens is 1. The SMILES string of the molecule is CNc1cc(C(=O)NCC2CCN(C)CC2)c(Cl)cn1. The number of carbonyl (C=O) groups excluding carboxylic acids is 1. The largest absolute Gasteiger partial charge is 0.373 e. The molecule has 0 unspecified atom stereocenters. The van der Waals surface area contributed by atoms with Gasteiger partial charge in [0.2, 0.25) is 0 Å². The normalized spacial score (nSPS) is 16.9. The average molecular weight is 297 g/mol. The summed E-state index contributed by atoms with van der Waals surface area (Å²) in [5.74, 6) is 1.06. The van der Waals surface area contributed by atoms with Crippen LogP contribution in [0.15, 0.2) is 12.3 Å². The van der Waals surface area contributed by atoms with Gasteiger partial charge in [-0.25, -0.2) is 4.98 Å². The topological polar surface area (TPSA) is 57.3 Å². The number of amides is 1. The highest BCUT2D eigenvalue weighted by molar-refractivity contribution is 6.33. The maximum atomic E-state index is 12.2. The first-order chi connectivity index (χ1) is 9.60. The molecule has 1 saturated heterocycles. The molecular weight excluding hydrogens is 276 g/mol. The van der Waals surface area contributed by atoms with E-state index in [4.69, 9.17) is 11.6 Å². The van der Waals surface area contributed by atoms with Gasteiger partial charge in [0.1, 0.15) is 5.82 Å². The second-order valence-corrected chi connectivity index (χ2v) is 5.66. The first-order valence-corrected chi connectivity index (χ1v) is 7.28. The van der Waals surface area contributed by atoms with Crippen molar-refractivity contribution >= 4 is 23.3 Å². The fraction of sp³-hybridized carbons (Fsp3) is 0.571. The molecule has 0 aromatic carbocycles. The van der Waals surface area contributed by atoms with E-state index in [2.05, 4.69) is 27.6 Å². The number of anilines is 1. The molecule has 1 aliphatic rings. The second-order valence-electron chi connectivity index (χ2n) is 5.26. The molecule has 5 nitrogen and oxygen atoms in total. The summed E-state index contributed by atoms with van der Waals surface area (Å²) in [6.45, 7) is 2.90. The van der Waals surface area contributed by atoms with E-state index in [1.807, 2.05) is 0 Å². The van der Waals surface area contributed by atoms with Gasteiger partial charge in [0, 0.05) is 19.8 Å². The molecule has 1 fully saturated rings. The molecular formula is C14H21ClN4O. The Morgan fingerprint density at radius 1 is 1.50 bits per heavy atom. The van der Waals surface area contributed by atoms with E-state index in [0.717, 1.165) is 25.9 Å². The fourth-order valence-corrected chi connectivity index (χ4v) is 2.54. The molecule has 1 aromatic heterocycles. The van der Waals surface area contributed by atoms with Gasteiger partial charge in [-0.3, -0.25) is 4.79 Å². The maximum absolute atomic E-state index is 12.2. The minimum Gasteiger partial charge on any atom is -0.373 e. The number of hydrogen-bond donors (Lipinski definition) is 2. The third-order valence-electron chi connectivity index (χ3n) is 3.75. The zero-order valence-electron chi connectivity index (χ0n) is 11.9. The van der Waals surface area contributed by atoms with Gasteiger partial charge in [0.15, 0.2) is 0 Å². The Bertz CT molecular complexity index is 472. The van der Waals surface area contributed by atoms with E-state index in [-0.39, 0.29) is 5.91 Å². The summed E-state index contributed by atoms with van der Waals surface area (Å²) in [7, 11) is 3.89. The first kappa shape index (κ1) is 15.1. The van der Waals surface area contributed by atoms with Crippen molar-refractivity contribution in [2.45, 2.75) is 12.8 Å². The first-order valence-electron chi connectivity index (χ1n) is 6.90. The molecule has 1 aromatic rings. The maximum Gasteiger partial charge on any atom is 0.252 e. The molecule has 2 rings (SSSR count). The highest BCUT2D eigenvalue weighted by Crippen LogP contribution is 2.19. The van der Waals surface area contributed by atoms with Crippen LogP contribution in [0.25, 0.3) is 0 Å². The van der Waals surface area contributed by atoms with Crippen molar-refractivity contribution in [3.63, 3.8) is 0 Å². The number of rotatable bonds is 4. The molecule has 0 saturated carbocycles. The van der Waals surface area contributed by atoms with Gasteiger partial charge in [0.25, 0.3) is 5.91 Å². The lowest BCUT2D eigenvalue weighted by molar-refractivity contribution is 0.0939. The highest BCUT2D eigenvalue weighted by atomic mass is 35.5. The molecule has 1 amide bonds. The quantitative estimate of drug-likeness (QED) is 0.890. The van der Waals surface area contributed by atoms with Gasteiger partial charge in [-0.05, 0) is 45.0 Å². The number of carbonyl (C=O) groups is 1. The van der Waals surface area contributed by atoms with Crippen LogP contribution in [0.5, 0.6) is 0 Å². The molecule has 0 spiro atoms. The van der Waals surface area contributed by atoms with E-state index in [1.54, 1.807) is 13.1 Å². The summed E-state index contributed by atoms with van der Waals surface area (Å²) in [5.41, 5.74) is 0.471. The van der Waals surface area contributed by atoms with Crippen molar-refractivity contribution in [1.82, 2.24) is 15.2 Å². The zero-order chi connectivity index (χ0) is 14.5. The average Bonchev–Trinajstić information content (AvgIpc) is 2.47. The monoisotopic (exact) mass is 296 g/mol. The number of nitrogens with one attached hydrogen (secondary N) is 2. The van der Waals surface area contributed by atoms with Gasteiger partial charge >= 0.3 is 0 Å². The molecule has 0 atom stereocenters. The van der Waals surface area contributed by atoms with Gasteiger partial charge in [-0.1, -0.05) is 11.6 Å². The van der Waals surface area contributed by atoms with Crippen LogP contribution in [0.2, 0.25) is 5.02 Å². The van der Waals surface area contributed by atoms with Crippen molar-refractivity contribution in [3.8, 4) is 0 Å². The Hall–Kier alpha value is -1.33. The third-order valence-corrected chi connectivity index (χ3v) is 4.05. The summed E-state index contributed by atoms with van der Waals surface area (Å²) in [6.07, 6.45) is 3.75. The van der Waals surface area contributed by atoms with Crippen LogP contribution in [0, 0.1) is 5.92 Å². The lowest BCUT2D eigenvalue weighted by Crippen LogP contribution is -2.37. The van der Waals surface area contributed by atoms with Crippen molar-refractivity contribution in [3.05, 3.63) is 22.8 Å². The number of aromatic nitrogens is 1.